The third-order valence-corrected chi connectivity index (χ3v) is 7.18. The van der Waals surface area contributed by atoms with Gasteiger partial charge in [0.2, 0.25) is 0 Å². The summed E-state index contributed by atoms with van der Waals surface area (Å²) >= 11 is 0. The number of rotatable bonds is 10. The standard InChI is InChI=1S/C26H36O17/c1-37-13-6-10(2-4-11(13)28)3-5-16(30)38-9-15-19(33)22(24(36)40-15)42-26-23(17(31)12(29)8-39-26)43-25-21(35)20(34)18(32)14(7-27)41-25/h2-6,12,14-15,17-29,31-36H,7-9H2,1H3/b5-3+/t12-,14+,15+,17+,18-,19+,20-,21+,22-,23-,24?,25+,26+/m1/s1. The molecule has 0 spiro atoms. The van der Waals surface area contributed by atoms with Crippen molar-refractivity contribution < 1.29 is 83.9 Å². The lowest BCUT2D eigenvalue weighted by atomic mass is 9.99. The van der Waals surface area contributed by atoms with Crippen molar-refractivity contribution in [1.29, 1.82) is 0 Å². The number of phenols is 1. The van der Waals surface area contributed by atoms with E-state index in [2.05, 4.69) is 0 Å². The van der Waals surface area contributed by atoms with Crippen molar-refractivity contribution in [2.45, 2.75) is 79.9 Å². The maximum Gasteiger partial charge on any atom is 0.330 e. The van der Waals surface area contributed by atoms with Crippen LogP contribution in [0.15, 0.2) is 24.3 Å². The van der Waals surface area contributed by atoms with Gasteiger partial charge in [-0.15, -0.1) is 0 Å². The maximum atomic E-state index is 12.2. The van der Waals surface area contributed by atoms with E-state index in [9.17, 15) is 50.8 Å². The summed E-state index contributed by atoms with van der Waals surface area (Å²) in [4.78, 5) is 12.2. The molecule has 3 saturated heterocycles. The lowest BCUT2D eigenvalue weighted by Crippen LogP contribution is -2.63. The average molecular weight is 621 g/mol. The van der Waals surface area contributed by atoms with E-state index in [1.807, 2.05) is 0 Å². The lowest BCUT2D eigenvalue weighted by Gasteiger charge is -2.44. The zero-order valence-electron chi connectivity index (χ0n) is 22.8. The van der Waals surface area contributed by atoms with Gasteiger partial charge >= 0.3 is 5.97 Å². The Morgan fingerprint density at radius 1 is 0.907 bits per heavy atom. The number of esters is 1. The number of methoxy groups -OCH3 is 1. The van der Waals surface area contributed by atoms with E-state index < -0.39 is 106 Å². The number of ether oxygens (including phenoxy) is 7. The number of aliphatic hydroxyl groups excluding tert-OH is 8. The van der Waals surface area contributed by atoms with Crippen molar-refractivity contribution in [1.82, 2.24) is 0 Å². The van der Waals surface area contributed by atoms with Crippen LogP contribution in [0.4, 0.5) is 0 Å². The molecular formula is C26H36O17. The third kappa shape index (κ3) is 7.60. The van der Waals surface area contributed by atoms with Crippen molar-refractivity contribution in [3.63, 3.8) is 0 Å². The highest BCUT2D eigenvalue weighted by molar-refractivity contribution is 5.87. The maximum absolute atomic E-state index is 12.2. The molecule has 242 valence electrons. The molecule has 3 aliphatic rings. The first-order chi connectivity index (χ1) is 20.4. The summed E-state index contributed by atoms with van der Waals surface area (Å²) in [7, 11) is 1.37. The van der Waals surface area contributed by atoms with Crippen molar-refractivity contribution in [3.05, 3.63) is 29.8 Å². The van der Waals surface area contributed by atoms with E-state index in [0.717, 1.165) is 6.08 Å². The Morgan fingerprint density at radius 2 is 1.63 bits per heavy atom. The van der Waals surface area contributed by atoms with Crippen molar-refractivity contribution in [2.75, 3.05) is 26.9 Å². The Labute approximate surface area is 244 Å². The number of carbonyl (C=O) groups is 1. The van der Waals surface area contributed by atoms with Crippen LogP contribution in [0, 0.1) is 0 Å². The van der Waals surface area contributed by atoms with E-state index in [1.165, 1.54) is 31.4 Å². The lowest BCUT2D eigenvalue weighted by molar-refractivity contribution is -0.365. The van der Waals surface area contributed by atoms with Crippen LogP contribution in [0.3, 0.4) is 0 Å². The van der Waals surface area contributed by atoms with Gasteiger partial charge in [-0.05, 0) is 23.8 Å². The first kappa shape index (κ1) is 33.4. The largest absolute Gasteiger partial charge is 0.504 e. The SMILES string of the molecule is COc1cc(/C=C/C(=O)OC[C@@H]2OC(O)[C@H](O[C@@H]3OC[C@@H](O)[C@H](O)[C@H]3O[C@@H]3O[C@@H](CO)[C@@H](O)[C@@H](O)[C@@H]3O)[C@H]2O)ccc1O. The molecule has 1 aromatic rings. The molecule has 0 bridgehead atoms. The van der Waals surface area contributed by atoms with Gasteiger partial charge in [0, 0.05) is 6.08 Å². The summed E-state index contributed by atoms with van der Waals surface area (Å²) in [6, 6.07) is 4.39. The quantitative estimate of drug-likeness (QED) is 0.0884. The van der Waals surface area contributed by atoms with Gasteiger partial charge in [0.1, 0.15) is 67.6 Å². The van der Waals surface area contributed by atoms with Crippen LogP contribution in [0.5, 0.6) is 11.5 Å². The minimum absolute atomic E-state index is 0.0824. The van der Waals surface area contributed by atoms with Gasteiger partial charge in [0.05, 0.1) is 20.3 Å². The summed E-state index contributed by atoms with van der Waals surface area (Å²) in [5.74, 6) is -0.703. The molecule has 17 nitrogen and oxygen atoms in total. The second-order valence-electron chi connectivity index (χ2n) is 10.1. The monoisotopic (exact) mass is 620 g/mol. The predicted octanol–water partition coefficient (Wildman–Crippen LogP) is -4.32. The Hall–Kier alpha value is -2.49. The van der Waals surface area contributed by atoms with E-state index >= 15 is 0 Å². The number of phenolic OH excluding ortho intramolecular Hbond substituents is 1. The fraction of sp³-hybridized carbons (Fsp3) is 0.654. The summed E-state index contributed by atoms with van der Waals surface area (Å²) < 4.78 is 37.2. The molecule has 17 heteroatoms. The fourth-order valence-electron chi connectivity index (χ4n) is 4.70. The van der Waals surface area contributed by atoms with Crippen molar-refractivity contribution in [2.24, 2.45) is 0 Å². The Kier molecular flexibility index (Phi) is 11.3. The van der Waals surface area contributed by atoms with E-state index in [4.69, 9.17) is 33.2 Å². The predicted molar refractivity (Wildman–Crippen MR) is 137 cm³/mol. The van der Waals surface area contributed by atoms with Gasteiger partial charge in [0.25, 0.3) is 0 Å². The number of carbonyl (C=O) groups excluding carboxylic acids is 1. The number of hydrogen-bond donors (Lipinski definition) is 9. The third-order valence-electron chi connectivity index (χ3n) is 7.18. The Morgan fingerprint density at radius 3 is 2.33 bits per heavy atom. The van der Waals surface area contributed by atoms with Crippen LogP contribution in [0.25, 0.3) is 6.08 Å². The molecule has 0 aliphatic carbocycles. The molecule has 4 rings (SSSR count). The number of aromatic hydroxyl groups is 1. The van der Waals surface area contributed by atoms with Crippen LogP contribution in [-0.4, -0.2) is 159 Å². The van der Waals surface area contributed by atoms with Crippen LogP contribution < -0.4 is 4.74 Å². The van der Waals surface area contributed by atoms with Crippen molar-refractivity contribution >= 4 is 12.0 Å². The van der Waals surface area contributed by atoms with E-state index in [1.54, 1.807) is 0 Å². The number of hydrogen-bond acceptors (Lipinski definition) is 17. The molecular weight excluding hydrogens is 584 g/mol. The highest BCUT2D eigenvalue weighted by atomic mass is 16.8. The first-order valence-electron chi connectivity index (χ1n) is 13.3. The molecule has 3 fully saturated rings. The second kappa shape index (κ2) is 14.5. The Bertz CT molecular complexity index is 1100. The minimum atomic E-state index is -1.85. The topological polar surface area (TPSA) is 264 Å². The minimum Gasteiger partial charge on any atom is -0.504 e. The van der Waals surface area contributed by atoms with Gasteiger partial charge in [0.15, 0.2) is 30.4 Å². The molecule has 0 amide bonds. The molecule has 1 aromatic carbocycles. The van der Waals surface area contributed by atoms with Crippen LogP contribution >= 0.6 is 0 Å². The van der Waals surface area contributed by atoms with Crippen LogP contribution in [0.1, 0.15) is 5.56 Å². The van der Waals surface area contributed by atoms with Crippen LogP contribution in [-0.2, 0) is 33.2 Å². The normalized spacial score (nSPS) is 40.1. The number of benzene rings is 1. The van der Waals surface area contributed by atoms with Gasteiger partial charge in [-0.3, -0.25) is 0 Å². The zero-order valence-corrected chi connectivity index (χ0v) is 22.8. The van der Waals surface area contributed by atoms with Gasteiger partial charge < -0.3 is 79.1 Å². The summed E-state index contributed by atoms with van der Waals surface area (Å²) in [5.41, 5.74) is 0.521. The smallest absolute Gasteiger partial charge is 0.330 e. The fourth-order valence-corrected chi connectivity index (χ4v) is 4.70. The summed E-state index contributed by atoms with van der Waals surface area (Å²) in [5, 5.41) is 91.2. The molecule has 43 heavy (non-hydrogen) atoms. The molecule has 13 atom stereocenters. The highest BCUT2D eigenvalue weighted by Gasteiger charge is 2.52. The molecule has 3 aliphatic heterocycles. The summed E-state index contributed by atoms with van der Waals surface area (Å²) in [6.45, 7) is -1.71. The van der Waals surface area contributed by atoms with Crippen molar-refractivity contribution in [3.8, 4) is 11.5 Å². The van der Waals surface area contributed by atoms with Crippen LogP contribution in [0.2, 0.25) is 0 Å². The molecule has 0 saturated carbocycles. The molecule has 1 unspecified atom stereocenters. The Balaban J connectivity index is 1.36. The molecule has 9 N–H and O–H groups in total. The zero-order chi connectivity index (χ0) is 31.4. The number of aliphatic hydroxyl groups is 8. The average Bonchev–Trinajstić information content (AvgIpc) is 3.26. The van der Waals surface area contributed by atoms with E-state index in [0.29, 0.717) is 5.56 Å². The second-order valence-corrected chi connectivity index (χ2v) is 10.1. The highest BCUT2D eigenvalue weighted by Crippen LogP contribution is 2.31. The summed E-state index contributed by atoms with van der Waals surface area (Å²) in [6.07, 6.45) is -18.5. The van der Waals surface area contributed by atoms with Gasteiger partial charge in [-0.1, -0.05) is 6.07 Å². The van der Waals surface area contributed by atoms with Gasteiger partial charge in [-0.25, -0.2) is 4.79 Å². The molecule has 0 aromatic heterocycles. The first-order valence-corrected chi connectivity index (χ1v) is 13.3. The van der Waals surface area contributed by atoms with E-state index in [-0.39, 0.29) is 11.5 Å². The molecule has 0 radical (unpaired) electrons. The molecule has 3 heterocycles. The van der Waals surface area contributed by atoms with Gasteiger partial charge in [-0.2, -0.15) is 0 Å².